The van der Waals surface area contributed by atoms with E-state index in [1.165, 1.54) is 13.8 Å². The highest BCUT2D eigenvalue weighted by atomic mass is 16.5. The van der Waals surface area contributed by atoms with Gasteiger partial charge in [0, 0.05) is 19.4 Å². The number of nitrogens with zero attached hydrogens (tertiary/aromatic N) is 4. The number of aromatic nitrogens is 4. The van der Waals surface area contributed by atoms with E-state index in [1.54, 1.807) is 38.1 Å². The molecule has 0 aliphatic carbocycles. The van der Waals surface area contributed by atoms with Gasteiger partial charge < -0.3 is 9.72 Å². The third kappa shape index (κ3) is 2.16. The highest BCUT2D eigenvalue weighted by Gasteiger charge is 2.62. The maximum Gasteiger partial charge on any atom is 0.259 e. The van der Waals surface area contributed by atoms with E-state index in [4.69, 9.17) is 4.74 Å². The number of anilines is 1. The van der Waals surface area contributed by atoms with E-state index >= 15 is 0 Å². The number of aryl methyl sites for hydroxylation is 1. The highest BCUT2D eigenvalue weighted by Crippen LogP contribution is 2.57. The minimum Gasteiger partial charge on any atom is -0.418 e. The molecule has 0 saturated carbocycles. The summed E-state index contributed by atoms with van der Waals surface area (Å²) in [6.07, 6.45) is 0. The van der Waals surface area contributed by atoms with Crippen LogP contribution in [0.15, 0.2) is 29.1 Å². The van der Waals surface area contributed by atoms with Crippen LogP contribution in [0, 0.1) is 13.8 Å². The second-order valence-electron chi connectivity index (χ2n) is 7.56. The number of amides is 2. The normalized spacial score (nSPS) is 18.5. The van der Waals surface area contributed by atoms with Crippen molar-refractivity contribution in [2.75, 3.05) is 4.90 Å². The fourth-order valence-electron chi connectivity index (χ4n) is 4.64. The Morgan fingerprint density at radius 2 is 1.74 bits per heavy atom. The number of hydrogen-bond donors (Lipinski definition) is 1. The van der Waals surface area contributed by atoms with E-state index in [-0.39, 0.29) is 28.7 Å². The number of carbonyl (C=O) groups excluding carboxylic acids is 3. The number of imide groups is 1. The van der Waals surface area contributed by atoms with Gasteiger partial charge in [0.25, 0.3) is 11.5 Å². The Kier molecular flexibility index (Phi) is 3.64. The molecule has 1 atom stereocenters. The molecule has 1 unspecified atom stereocenters. The molecule has 3 aromatic rings. The average Bonchev–Trinajstić information content (AvgIpc) is 3.15. The van der Waals surface area contributed by atoms with E-state index in [2.05, 4.69) is 15.1 Å². The molecule has 0 saturated heterocycles. The maximum atomic E-state index is 14.0. The van der Waals surface area contributed by atoms with Crippen LogP contribution in [0.2, 0.25) is 0 Å². The summed E-state index contributed by atoms with van der Waals surface area (Å²) in [6.45, 7) is 5.80. The Bertz CT molecular complexity index is 1400. The lowest BCUT2D eigenvalue weighted by molar-refractivity contribution is -0.126. The van der Waals surface area contributed by atoms with Gasteiger partial charge in [-0.3, -0.25) is 19.2 Å². The summed E-state index contributed by atoms with van der Waals surface area (Å²) in [6, 6.07) is 6.73. The molecular formula is C21H17N5O5. The number of carbonyl (C=O) groups is 3. The second-order valence-corrected chi connectivity index (χ2v) is 7.56. The van der Waals surface area contributed by atoms with Crippen molar-refractivity contribution in [1.29, 1.82) is 0 Å². The number of fused-ring (bicyclic) bond motifs is 6. The summed E-state index contributed by atoms with van der Waals surface area (Å²) in [5.74, 6) is -1.35. The molecule has 156 valence electrons. The lowest BCUT2D eigenvalue weighted by Gasteiger charge is -2.32. The van der Waals surface area contributed by atoms with E-state index in [1.807, 2.05) is 0 Å². The van der Waals surface area contributed by atoms with Crippen LogP contribution in [0.25, 0.3) is 0 Å². The topological polar surface area (TPSA) is 127 Å². The number of nitrogens with one attached hydrogen (secondary N) is 1. The Hall–Kier alpha value is -4.08. The molecule has 1 N–H and O–H groups in total. The number of aromatic amines is 1. The molecule has 1 spiro atoms. The van der Waals surface area contributed by atoms with Crippen molar-refractivity contribution < 1.29 is 19.1 Å². The summed E-state index contributed by atoms with van der Waals surface area (Å²) >= 11 is 0. The van der Waals surface area contributed by atoms with Crippen LogP contribution in [0.3, 0.4) is 0 Å². The first-order valence-corrected chi connectivity index (χ1v) is 9.54. The van der Waals surface area contributed by atoms with Gasteiger partial charge in [-0.25, -0.2) is 9.58 Å². The molecule has 4 heterocycles. The van der Waals surface area contributed by atoms with Crippen LogP contribution in [0.1, 0.15) is 46.9 Å². The lowest BCUT2D eigenvalue weighted by atomic mass is 9.69. The van der Waals surface area contributed by atoms with Gasteiger partial charge in [0.2, 0.25) is 23.6 Å². The van der Waals surface area contributed by atoms with Crippen molar-refractivity contribution in [3.05, 3.63) is 62.8 Å². The molecule has 2 amide bonds. The van der Waals surface area contributed by atoms with E-state index in [0.29, 0.717) is 16.9 Å². The predicted octanol–water partition coefficient (Wildman–Crippen LogP) is 1.58. The van der Waals surface area contributed by atoms with Crippen LogP contribution in [-0.2, 0) is 15.0 Å². The molecular weight excluding hydrogens is 402 g/mol. The number of hydrogen-bond acceptors (Lipinski definition) is 7. The van der Waals surface area contributed by atoms with E-state index < -0.39 is 28.7 Å². The van der Waals surface area contributed by atoms with Gasteiger partial charge in [-0.05, 0) is 19.9 Å². The van der Waals surface area contributed by atoms with Gasteiger partial charge in [-0.2, -0.15) is 4.98 Å². The van der Waals surface area contributed by atoms with Crippen LogP contribution in [0.4, 0.5) is 5.69 Å². The van der Waals surface area contributed by atoms with Crippen LogP contribution < -0.4 is 15.2 Å². The highest BCUT2D eigenvalue weighted by molar-refractivity contribution is 6.25. The van der Waals surface area contributed by atoms with Gasteiger partial charge in [0.15, 0.2) is 0 Å². The smallest absolute Gasteiger partial charge is 0.259 e. The lowest BCUT2D eigenvalue weighted by Crippen LogP contribution is -2.48. The number of benzene rings is 1. The molecule has 2 aromatic heterocycles. The average molecular weight is 419 g/mol. The van der Waals surface area contributed by atoms with E-state index in [9.17, 15) is 19.2 Å². The summed E-state index contributed by atoms with van der Waals surface area (Å²) in [5.41, 5.74) is -1.00. The van der Waals surface area contributed by atoms with E-state index in [0.717, 1.165) is 9.58 Å². The zero-order valence-corrected chi connectivity index (χ0v) is 17.1. The minimum absolute atomic E-state index is 0.00810. The van der Waals surface area contributed by atoms with Gasteiger partial charge in [-0.1, -0.05) is 18.2 Å². The maximum absolute atomic E-state index is 14.0. The summed E-state index contributed by atoms with van der Waals surface area (Å²) in [7, 11) is 0. The molecule has 2 aliphatic rings. The van der Waals surface area contributed by atoms with Crippen molar-refractivity contribution >= 4 is 23.4 Å². The minimum atomic E-state index is -1.74. The first kappa shape index (κ1) is 18.9. The predicted molar refractivity (Wildman–Crippen MR) is 107 cm³/mol. The van der Waals surface area contributed by atoms with Crippen LogP contribution in [-0.4, -0.2) is 37.5 Å². The first-order chi connectivity index (χ1) is 14.7. The summed E-state index contributed by atoms with van der Waals surface area (Å²) in [5, 5.41) is 4.24. The zero-order valence-electron chi connectivity index (χ0n) is 17.1. The first-order valence-electron chi connectivity index (χ1n) is 9.54. The molecule has 0 radical (unpaired) electrons. The standard InChI is InChI=1S/C21H17N5O5/c1-9-15-19(24-26(9)12(4)28)31-18-16(17(29)22-10(2)23-18)21(15)13-7-5-6-8-14(13)25(11(3)27)20(21)30/h5-8H,1-4H3,(H,22,23,29). The fraction of sp³-hybridized carbons (Fsp3) is 0.238. The number of ether oxygens (including phenoxy) is 1. The molecule has 0 fully saturated rings. The van der Waals surface area contributed by atoms with Gasteiger partial charge in [-0.15, -0.1) is 5.10 Å². The third-order valence-corrected chi connectivity index (χ3v) is 5.72. The van der Waals surface area contributed by atoms with Crippen LogP contribution >= 0.6 is 0 Å². The molecule has 10 heteroatoms. The number of para-hydroxylation sites is 1. The summed E-state index contributed by atoms with van der Waals surface area (Å²) < 4.78 is 6.94. The van der Waals surface area contributed by atoms with Crippen LogP contribution in [0.5, 0.6) is 11.8 Å². The molecule has 0 bridgehead atoms. The van der Waals surface area contributed by atoms with Crippen molar-refractivity contribution in [3.63, 3.8) is 0 Å². The van der Waals surface area contributed by atoms with Gasteiger partial charge >= 0.3 is 0 Å². The van der Waals surface area contributed by atoms with Gasteiger partial charge in [0.1, 0.15) is 16.8 Å². The van der Waals surface area contributed by atoms with Crippen molar-refractivity contribution in [1.82, 2.24) is 19.7 Å². The quantitative estimate of drug-likeness (QED) is 0.586. The molecule has 5 rings (SSSR count). The van der Waals surface area contributed by atoms with Crippen molar-refractivity contribution in [3.8, 4) is 11.8 Å². The largest absolute Gasteiger partial charge is 0.418 e. The molecule has 31 heavy (non-hydrogen) atoms. The summed E-state index contributed by atoms with van der Waals surface area (Å²) in [4.78, 5) is 59.9. The second kappa shape index (κ2) is 5.97. The van der Waals surface area contributed by atoms with Crippen molar-refractivity contribution in [2.24, 2.45) is 0 Å². The molecule has 10 nitrogen and oxygen atoms in total. The Balaban J connectivity index is 2.02. The van der Waals surface area contributed by atoms with Crippen molar-refractivity contribution in [2.45, 2.75) is 33.1 Å². The van der Waals surface area contributed by atoms with Gasteiger partial charge in [0.05, 0.1) is 16.9 Å². The third-order valence-electron chi connectivity index (χ3n) is 5.72. The zero-order chi connectivity index (χ0) is 22.2. The monoisotopic (exact) mass is 419 g/mol. The Morgan fingerprint density at radius 1 is 1.03 bits per heavy atom. The fourth-order valence-corrected chi connectivity index (χ4v) is 4.64. The number of H-pyrrole nitrogens is 1. The molecule has 2 aliphatic heterocycles. The molecule has 1 aromatic carbocycles. The SMILES string of the molecule is CC(=O)N1C(=O)C2(c3ccccc31)c1c(nn(C(C)=O)c1C)Oc1nc(C)[nH]c(=O)c12. The Labute approximate surface area is 175 Å². The Morgan fingerprint density at radius 3 is 2.42 bits per heavy atom. The number of rotatable bonds is 0.